The lowest BCUT2D eigenvalue weighted by molar-refractivity contribution is 0.210. The normalized spacial score (nSPS) is 18.8. The predicted octanol–water partition coefficient (Wildman–Crippen LogP) is 5.03. The number of halogens is 1. The first-order valence-corrected chi connectivity index (χ1v) is 9.60. The van der Waals surface area contributed by atoms with E-state index in [0.717, 1.165) is 34.8 Å². The molecule has 3 heterocycles. The van der Waals surface area contributed by atoms with Crippen LogP contribution in [0.3, 0.4) is 0 Å². The van der Waals surface area contributed by atoms with E-state index >= 15 is 0 Å². The maximum Gasteiger partial charge on any atom is 0.126 e. The second-order valence-electron chi connectivity index (χ2n) is 6.33. The highest BCUT2D eigenvalue weighted by atomic mass is 35.5. The highest BCUT2D eigenvalue weighted by Crippen LogP contribution is 2.22. The first-order valence-electron chi connectivity index (χ1n) is 8.34. The fraction of sp³-hybridized carbons (Fsp3) is 0.316. The van der Waals surface area contributed by atoms with E-state index in [4.69, 9.17) is 16.6 Å². The molecule has 5 heteroatoms. The SMILES string of the molecule is Clc1ccc2nc(NC3CCCN(Cc4cccs4)C3)ccc2c1. The van der Waals surface area contributed by atoms with Crippen LogP contribution in [0.15, 0.2) is 47.8 Å². The van der Waals surface area contributed by atoms with Gasteiger partial charge < -0.3 is 5.32 Å². The van der Waals surface area contributed by atoms with E-state index in [9.17, 15) is 0 Å². The third-order valence-corrected chi connectivity index (χ3v) is 5.56. The van der Waals surface area contributed by atoms with E-state index in [1.807, 2.05) is 29.5 Å². The molecule has 1 unspecified atom stereocenters. The van der Waals surface area contributed by atoms with Gasteiger partial charge in [0.05, 0.1) is 5.52 Å². The zero-order valence-corrected chi connectivity index (χ0v) is 15.0. The lowest BCUT2D eigenvalue weighted by Crippen LogP contribution is -2.41. The summed E-state index contributed by atoms with van der Waals surface area (Å²) in [6.07, 6.45) is 2.42. The molecular weight excluding hydrogens is 338 g/mol. The van der Waals surface area contributed by atoms with Gasteiger partial charge in [-0.05, 0) is 61.2 Å². The number of nitrogens with zero attached hydrogens (tertiary/aromatic N) is 2. The van der Waals surface area contributed by atoms with Crippen molar-refractivity contribution in [3.63, 3.8) is 0 Å². The molecule has 1 aliphatic heterocycles. The number of nitrogens with one attached hydrogen (secondary N) is 1. The van der Waals surface area contributed by atoms with Crippen molar-refractivity contribution in [2.75, 3.05) is 18.4 Å². The molecule has 2 aromatic heterocycles. The van der Waals surface area contributed by atoms with Crippen molar-refractivity contribution >= 4 is 39.7 Å². The zero-order chi connectivity index (χ0) is 16.4. The van der Waals surface area contributed by atoms with Gasteiger partial charge in [0, 0.05) is 34.4 Å². The molecule has 1 atom stereocenters. The van der Waals surface area contributed by atoms with Gasteiger partial charge in [-0.1, -0.05) is 17.7 Å². The summed E-state index contributed by atoms with van der Waals surface area (Å²) in [5.74, 6) is 0.952. The summed E-state index contributed by atoms with van der Waals surface area (Å²) in [4.78, 5) is 8.70. The van der Waals surface area contributed by atoms with Gasteiger partial charge in [0.25, 0.3) is 0 Å². The lowest BCUT2D eigenvalue weighted by Gasteiger charge is -2.33. The van der Waals surface area contributed by atoms with Crippen molar-refractivity contribution in [2.24, 2.45) is 0 Å². The molecule has 0 saturated carbocycles. The minimum atomic E-state index is 0.455. The minimum absolute atomic E-state index is 0.455. The molecule has 4 rings (SSSR count). The summed E-state index contributed by atoms with van der Waals surface area (Å²) >= 11 is 7.88. The van der Waals surface area contributed by atoms with Gasteiger partial charge in [-0.25, -0.2) is 4.98 Å². The van der Waals surface area contributed by atoms with Crippen LogP contribution < -0.4 is 5.32 Å². The van der Waals surface area contributed by atoms with Crippen LogP contribution in [0.4, 0.5) is 5.82 Å². The second-order valence-corrected chi connectivity index (χ2v) is 7.80. The van der Waals surface area contributed by atoms with E-state index in [-0.39, 0.29) is 0 Å². The van der Waals surface area contributed by atoms with Crippen molar-refractivity contribution < 1.29 is 0 Å². The number of anilines is 1. The highest BCUT2D eigenvalue weighted by Gasteiger charge is 2.20. The Hall–Kier alpha value is -1.62. The van der Waals surface area contributed by atoms with Crippen LogP contribution in [-0.2, 0) is 6.54 Å². The average Bonchev–Trinajstić information content (AvgIpc) is 3.08. The molecule has 1 saturated heterocycles. The van der Waals surface area contributed by atoms with Gasteiger partial charge in [-0.3, -0.25) is 4.90 Å². The van der Waals surface area contributed by atoms with Crippen LogP contribution in [0.5, 0.6) is 0 Å². The molecule has 0 aliphatic carbocycles. The third-order valence-electron chi connectivity index (χ3n) is 4.47. The number of thiophene rings is 1. The van der Waals surface area contributed by atoms with Gasteiger partial charge >= 0.3 is 0 Å². The highest BCUT2D eigenvalue weighted by molar-refractivity contribution is 7.09. The maximum absolute atomic E-state index is 6.04. The van der Waals surface area contributed by atoms with Crippen LogP contribution in [0, 0.1) is 0 Å². The Morgan fingerprint density at radius 2 is 2.21 bits per heavy atom. The van der Waals surface area contributed by atoms with Crippen LogP contribution in [0.25, 0.3) is 10.9 Å². The smallest absolute Gasteiger partial charge is 0.126 e. The van der Waals surface area contributed by atoms with Crippen molar-refractivity contribution in [1.29, 1.82) is 0 Å². The molecule has 0 spiro atoms. The average molecular weight is 358 g/mol. The summed E-state index contributed by atoms with van der Waals surface area (Å²) in [6.45, 7) is 3.30. The summed E-state index contributed by atoms with van der Waals surface area (Å²) in [7, 11) is 0. The van der Waals surface area contributed by atoms with Gasteiger partial charge in [-0.15, -0.1) is 11.3 Å². The molecule has 0 bridgehead atoms. The van der Waals surface area contributed by atoms with Crippen molar-refractivity contribution in [1.82, 2.24) is 9.88 Å². The Kier molecular flexibility index (Phi) is 4.69. The van der Waals surface area contributed by atoms with Gasteiger partial charge in [-0.2, -0.15) is 0 Å². The van der Waals surface area contributed by atoms with Gasteiger partial charge in [0.1, 0.15) is 5.82 Å². The number of hydrogen-bond acceptors (Lipinski definition) is 4. The minimum Gasteiger partial charge on any atom is -0.366 e. The quantitative estimate of drug-likeness (QED) is 0.710. The molecule has 124 valence electrons. The summed E-state index contributed by atoms with van der Waals surface area (Å²) in [6, 6.07) is 14.8. The molecule has 1 N–H and O–H groups in total. The Balaban J connectivity index is 1.43. The molecule has 1 aromatic carbocycles. The molecule has 0 amide bonds. The molecule has 24 heavy (non-hydrogen) atoms. The number of hydrogen-bond donors (Lipinski definition) is 1. The fourth-order valence-electron chi connectivity index (χ4n) is 3.33. The molecular formula is C19H20ClN3S. The first kappa shape index (κ1) is 15.9. The maximum atomic E-state index is 6.04. The number of piperidine rings is 1. The largest absolute Gasteiger partial charge is 0.366 e. The number of fused-ring (bicyclic) bond motifs is 1. The molecule has 0 radical (unpaired) electrons. The number of rotatable bonds is 4. The number of likely N-dealkylation sites (tertiary alicyclic amines) is 1. The Labute approximate surface area is 151 Å². The molecule has 3 aromatic rings. The monoisotopic (exact) mass is 357 g/mol. The van der Waals surface area contributed by atoms with Crippen molar-refractivity contribution in [3.05, 3.63) is 57.7 Å². The molecule has 3 nitrogen and oxygen atoms in total. The van der Waals surface area contributed by atoms with Crippen LogP contribution in [-0.4, -0.2) is 29.0 Å². The van der Waals surface area contributed by atoms with Gasteiger partial charge in [0.2, 0.25) is 0 Å². The zero-order valence-electron chi connectivity index (χ0n) is 13.4. The van der Waals surface area contributed by atoms with E-state index < -0.39 is 0 Å². The fourth-order valence-corrected chi connectivity index (χ4v) is 4.25. The Morgan fingerprint density at radius 1 is 1.25 bits per heavy atom. The third kappa shape index (κ3) is 3.72. The van der Waals surface area contributed by atoms with E-state index in [0.29, 0.717) is 6.04 Å². The Bertz CT molecular complexity index is 819. The summed E-state index contributed by atoms with van der Waals surface area (Å²) < 4.78 is 0. The first-order chi connectivity index (χ1) is 11.8. The van der Waals surface area contributed by atoms with Crippen molar-refractivity contribution in [3.8, 4) is 0 Å². The summed E-state index contributed by atoms with van der Waals surface area (Å²) in [5, 5.41) is 7.60. The van der Waals surface area contributed by atoms with Crippen molar-refractivity contribution in [2.45, 2.75) is 25.4 Å². The molecule has 1 fully saturated rings. The van der Waals surface area contributed by atoms with Crippen LogP contribution in [0.1, 0.15) is 17.7 Å². The number of benzene rings is 1. The predicted molar refractivity (Wildman–Crippen MR) is 103 cm³/mol. The standard InChI is InChI=1S/C19H20ClN3S/c20-15-6-7-18-14(11-15)5-8-19(22-18)21-16-3-1-9-23(12-16)13-17-4-2-10-24-17/h2,4-8,10-11,16H,1,3,9,12-13H2,(H,21,22). The van der Waals surface area contributed by atoms with Crippen LogP contribution >= 0.6 is 22.9 Å². The van der Waals surface area contributed by atoms with Gasteiger partial charge in [0.15, 0.2) is 0 Å². The van der Waals surface area contributed by atoms with E-state index in [2.05, 4.69) is 39.9 Å². The summed E-state index contributed by atoms with van der Waals surface area (Å²) in [5.41, 5.74) is 0.982. The number of pyridine rings is 1. The second kappa shape index (κ2) is 7.09. The lowest BCUT2D eigenvalue weighted by atomic mass is 10.1. The topological polar surface area (TPSA) is 28.2 Å². The van der Waals surface area contributed by atoms with Crippen LogP contribution in [0.2, 0.25) is 5.02 Å². The van der Waals surface area contributed by atoms with E-state index in [1.54, 1.807) is 0 Å². The molecule has 1 aliphatic rings. The van der Waals surface area contributed by atoms with E-state index in [1.165, 1.54) is 24.3 Å². The Morgan fingerprint density at radius 3 is 3.08 bits per heavy atom. The number of aromatic nitrogens is 1.